The quantitative estimate of drug-likeness (QED) is 0.679. The van der Waals surface area contributed by atoms with E-state index in [2.05, 4.69) is 5.32 Å². The highest BCUT2D eigenvalue weighted by atomic mass is 19.1. The summed E-state index contributed by atoms with van der Waals surface area (Å²) in [6, 6.07) is 12.3. The molecule has 104 valence electrons. The normalized spacial score (nSPS) is 25.6. The number of anilines is 1. The van der Waals surface area contributed by atoms with Gasteiger partial charge in [-0.1, -0.05) is 18.2 Å². The summed E-state index contributed by atoms with van der Waals surface area (Å²) in [5.74, 6) is -1.06. The zero-order valence-electron chi connectivity index (χ0n) is 10.8. The van der Waals surface area contributed by atoms with Crippen molar-refractivity contribution in [3.63, 3.8) is 0 Å². The van der Waals surface area contributed by atoms with Crippen LogP contribution in [0.2, 0.25) is 0 Å². The SMILES string of the molecule is O=C(c1ccc(F)cc1)[C@H]1O[C@@]12C(=O)Nc1ccccc12. The fraction of sp³-hybridized carbons (Fsp3) is 0.125. The Morgan fingerprint density at radius 2 is 1.86 bits per heavy atom. The van der Waals surface area contributed by atoms with Crippen LogP contribution in [0.1, 0.15) is 15.9 Å². The van der Waals surface area contributed by atoms with Crippen LogP contribution in [0.4, 0.5) is 10.1 Å². The number of epoxide rings is 1. The van der Waals surface area contributed by atoms with Crippen LogP contribution in [0.15, 0.2) is 48.5 Å². The van der Waals surface area contributed by atoms with Gasteiger partial charge in [-0.3, -0.25) is 9.59 Å². The Labute approximate surface area is 119 Å². The summed E-state index contributed by atoms with van der Waals surface area (Å²) in [6.07, 6.45) is -0.855. The molecule has 0 radical (unpaired) electrons. The van der Waals surface area contributed by atoms with Crippen LogP contribution in [0.5, 0.6) is 0 Å². The van der Waals surface area contributed by atoms with Gasteiger partial charge in [0.2, 0.25) is 5.60 Å². The Balaban J connectivity index is 1.70. The predicted molar refractivity (Wildman–Crippen MR) is 72.4 cm³/mol. The second-order valence-electron chi connectivity index (χ2n) is 5.10. The Bertz CT molecular complexity index is 771. The van der Waals surface area contributed by atoms with Crippen molar-refractivity contribution < 1.29 is 18.7 Å². The van der Waals surface area contributed by atoms with Crippen LogP contribution in [0.25, 0.3) is 0 Å². The molecule has 1 spiro atoms. The molecule has 0 aliphatic carbocycles. The minimum absolute atomic E-state index is 0.318. The molecular formula is C16H10FNO3. The lowest BCUT2D eigenvalue weighted by atomic mass is 9.92. The maximum absolute atomic E-state index is 12.9. The molecule has 4 rings (SSSR count). The lowest BCUT2D eigenvalue weighted by Crippen LogP contribution is -2.27. The van der Waals surface area contributed by atoms with Crippen molar-refractivity contribution in [1.82, 2.24) is 0 Å². The molecule has 2 atom stereocenters. The lowest BCUT2D eigenvalue weighted by molar-refractivity contribution is -0.120. The van der Waals surface area contributed by atoms with Crippen LogP contribution in [-0.4, -0.2) is 17.8 Å². The van der Waals surface area contributed by atoms with E-state index in [1.165, 1.54) is 24.3 Å². The molecule has 2 aliphatic heterocycles. The number of hydrogen-bond acceptors (Lipinski definition) is 3. The van der Waals surface area contributed by atoms with Gasteiger partial charge in [0, 0.05) is 16.8 Å². The molecule has 2 heterocycles. The summed E-state index contributed by atoms with van der Waals surface area (Å²) in [4.78, 5) is 24.6. The van der Waals surface area contributed by atoms with Gasteiger partial charge >= 0.3 is 0 Å². The Hall–Kier alpha value is -2.53. The molecule has 21 heavy (non-hydrogen) atoms. The smallest absolute Gasteiger partial charge is 0.264 e. The van der Waals surface area contributed by atoms with Crippen LogP contribution >= 0.6 is 0 Å². The summed E-state index contributed by atoms with van der Waals surface area (Å²) in [5.41, 5.74) is 0.449. The summed E-state index contributed by atoms with van der Waals surface area (Å²) in [7, 11) is 0. The zero-order chi connectivity index (χ0) is 14.6. The molecule has 2 aromatic carbocycles. The van der Waals surface area contributed by atoms with E-state index in [4.69, 9.17) is 4.74 Å². The minimum Gasteiger partial charge on any atom is -0.342 e. The standard InChI is InChI=1S/C16H10FNO3/c17-10-7-5-9(6-8-10)13(19)14-16(21-14)11-3-1-2-4-12(11)18-15(16)20/h1-8,14H,(H,18,20)/t14-,16-/m1/s1. The summed E-state index contributed by atoms with van der Waals surface area (Å²) >= 11 is 0. The topological polar surface area (TPSA) is 58.7 Å². The monoisotopic (exact) mass is 283 g/mol. The maximum Gasteiger partial charge on any atom is 0.264 e. The third-order valence-electron chi connectivity index (χ3n) is 3.90. The number of fused-ring (bicyclic) bond motifs is 2. The molecule has 5 heteroatoms. The summed E-state index contributed by atoms with van der Waals surface area (Å²) in [5, 5.41) is 2.72. The molecule has 1 fully saturated rings. The first-order valence-electron chi connectivity index (χ1n) is 6.51. The molecule has 0 bridgehead atoms. The van der Waals surface area contributed by atoms with Gasteiger partial charge in [0.15, 0.2) is 11.9 Å². The molecule has 2 aliphatic rings. The molecule has 0 unspecified atom stereocenters. The molecule has 0 aromatic heterocycles. The number of nitrogens with one attached hydrogen (secondary N) is 1. The van der Waals surface area contributed by atoms with E-state index in [1.807, 2.05) is 0 Å². The minimum atomic E-state index is -1.22. The molecule has 1 N–H and O–H groups in total. The second kappa shape index (κ2) is 3.99. The number of halogens is 1. The Kier molecular flexibility index (Phi) is 2.32. The number of para-hydroxylation sites is 1. The van der Waals surface area contributed by atoms with Crippen LogP contribution < -0.4 is 5.32 Å². The van der Waals surface area contributed by atoms with Crippen molar-refractivity contribution in [3.8, 4) is 0 Å². The average molecular weight is 283 g/mol. The van der Waals surface area contributed by atoms with Gasteiger partial charge in [-0.15, -0.1) is 0 Å². The molecular weight excluding hydrogens is 273 g/mol. The highest BCUT2D eigenvalue weighted by Crippen LogP contribution is 2.54. The van der Waals surface area contributed by atoms with Crippen molar-refractivity contribution in [2.75, 3.05) is 5.32 Å². The highest BCUT2D eigenvalue weighted by Gasteiger charge is 2.70. The third kappa shape index (κ3) is 1.58. The van der Waals surface area contributed by atoms with Gasteiger partial charge < -0.3 is 10.1 Å². The number of carbonyl (C=O) groups is 2. The number of amides is 1. The van der Waals surface area contributed by atoms with E-state index >= 15 is 0 Å². The maximum atomic E-state index is 12.9. The van der Waals surface area contributed by atoms with Gasteiger partial charge in [-0.25, -0.2) is 4.39 Å². The number of benzene rings is 2. The first kappa shape index (κ1) is 12.2. The van der Waals surface area contributed by atoms with Gasteiger partial charge in [0.25, 0.3) is 5.91 Å². The number of rotatable bonds is 2. The number of ether oxygens (including phenoxy) is 1. The van der Waals surface area contributed by atoms with Gasteiger partial charge in [-0.05, 0) is 30.3 Å². The molecule has 1 amide bonds. The third-order valence-corrected chi connectivity index (χ3v) is 3.90. The summed E-state index contributed by atoms with van der Waals surface area (Å²) < 4.78 is 18.4. The summed E-state index contributed by atoms with van der Waals surface area (Å²) in [6.45, 7) is 0. The van der Waals surface area contributed by atoms with Crippen molar-refractivity contribution in [2.45, 2.75) is 11.7 Å². The number of ketones is 1. The fourth-order valence-electron chi connectivity index (χ4n) is 2.79. The van der Waals surface area contributed by atoms with Gasteiger partial charge in [0.05, 0.1) is 0 Å². The fourth-order valence-corrected chi connectivity index (χ4v) is 2.79. The van der Waals surface area contributed by atoms with Crippen molar-refractivity contribution >= 4 is 17.4 Å². The average Bonchev–Trinajstić information content (AvgIpc) is 3.18. The number of hydrogen-bond donors (Lipinski definition) is 1. The lowest BCUT2D eigenvalue weighted by Gasteiger charge is -2.02. The molecule has 2 aromatic rings. The van der Waals surface area contributed by atoms with Gasteiger partial charge in [0.1, 0.15) is 5.82 Å². The van der Waals surface area contributed by atoms with Gasteiger partial charge in [-0.2, -0.15) is 0 Å². The first-order valence-corrected chi connectivity index (χ1v) is 6.51. The van der Waals surface area contributed by atoms with Crippen molar-refractivity contribution in [3.05, 3.63) is 65.5 Å². The highest BCUT2D eigenvalue weighted by molar-refractivity contribution is 6.15. The first-order chi connectivity index (χ1) is 10.1. The van der Waals surface area contributed by atoms with E-state index in [-0.39, 0.29) is 11.7 Å². The molecule has 4 nitrogen and oxygen atoms in total. The largest absolute Gasteiger partial charge is 0.342 e. The van der Waals surface area contributed by atoms with Crippen LogP contribution in [0, 0.1) is 5.82 Å². The molecule has 0 saturated carbocycles. The van der Waals surface area contributed by atoms with Crippen LogP contribution in [0.3, 0.4) is 0 Å². The number of Topliss-reactive ketones (excluding diaryl/α,β-unsaturated/α-hetero) is 1. The van der Waals surface area contributed by atoms with Crippen molar-refractivity contribution in [2.24, 2.45) is 0 Å². The van der Waals surface area contributed by atoms with E-state index in [0.29, 0.717) is 16.8 Å². The van der Waals surface area contributed by atoms with E-state index < -0.39 is 17.5 Å². The zero-order valence-corrected chi connectivity index (χ0v) is 10.8. The molecule has 1 saturated heterocycles. The van der Waals surface area contributed by atoms with E-state index in [9.17, 15) is 14.0 Å². The van der Waals surface area contributed by atoms with Crippen LogP contribution in [-0.2, 0) is 15.1 Å². The second-order valence-corrected chi connectivity index (χ2v) is 5.10. The Morgan fingerprint density at radius 3 is 2.62 bits per heavy atom. The Morgan fingerprint density at radius 1 is 1.14 bits per heavy atom. The van der Waals surface area contributed by atoms with E-state index in [0.717, 1.165) is 0 Å². The van der Waals surface area contributed by atoms with E-state index in [1.54, 1.807) is 24.3 Å². The predicted octanol–water partition coefficient (Wildman–Crippen LogP) is 2.25. The number of carbonyl (C=O) groups excluding carboxylic acids is 2. The van der Waals surface area contributed by atoms with Crippen molar-refractivity contribution in [1.29, 1.82) is 0 Å².